The molecule has 4 aromatic rings. The molecule has 0 aromatic carbocycles. The third kappa shape index (κ3) is 4.49. The van der Waals surface area contributed by atoms with E-state index in [2.05, 4.69) is 29.9 Å². The molecule has 0 radical (unpaired) electrons. The Morgan fingerprint density at radius 2 is 1.49 bits per heavy atom. The molecule has 6 N–H and O–H groups in total. The van der Waals surface area contributed by atoms with E-state index in [1.807, 2.05) is 0 Å². The zero-order chi connectivity index (χ0) is 31.5. The van der Waals surface area contributed by atoms with Crippen LogP contribution in [0.4, 0.5) is 20.4 Å². The molecule has 0 bridgehead atoms. The van der Waals surface area contributed by atoms with E-state index in [9.17, 15) is 18.9 Å². The van der Waals surface area contributed by atoms with Crippen molar-refractivity contribution in [3.05, 3.63) is 25.3 Å². The minimum absolute atomic E-state index is 0.0141. The van der Waals surface area contributed by atoms with Crippen molar-refractivity contribution >= 4 is 49.6 Å². The number of aromatic nitrogens is 8. The van der Waals surface area contributed by atoms with Crippen molar-refractivity contribution < 1.29 is 50.5 Å². The second kappa shape index (κ2) is 9.87. The number of alkyl halides is 2. The molecule has 2 aliphatic carbocycles. The smallest absolute Gasteiger partial charge is 0.382 e. The molecule has 240 valence electrons. The Kier molecular flexibility index (Phi) is 6.40. The summed E-state index contributed by atoms with van der Waals surface area (Å²) in [5.41, 5.74) is 11.0. The van der Waals surface area contributed by atoms with E-state index < -0.39 is 83.1 Å². The number of phosphoric acid groups is 2. The highest BCUT2D eigenvalue weighted by Crippen LogP contribution is 2.72. The molecular formula is C22H24F2N10O9P2. The lowest BCUT2D eigenvalue weighted by Crippen LogP contribution is -2.38. The van der Waals surface area contributed by atoms with E-state index in [-0.39, 0.29) is 40.4 Å². The van der Waals surface area contributed by atoms with Gasteiger partial charge in [-0.15, -0.1) is 0 Å². The van der Waals surface area contributed by atoms with Crippen molar-refractivity contribution in [2.75, 3.05) is 24.7 Å². The van der Waals surface area contributed by atoms with E-state index in [4.69, 9.17) is 34.3 Å². The summed E-state index contributed by atoms with van der Waals surface area (Å²) in [7, 11) is -10.1. The molecule has 2 aliphatic heterocycles. The molecule has 11 atom stereocenters. The van der Waals surface area contributed by atoms with Crippen molar-refractivity contribution in [2.24, 2.45) is 11.3 Å². The topological polar surface area (TPSA) is 260 Å². The number of nitrogen functional groups attached to an aromatic ring is 2. The predicted molar refractivity (Wildman–Crippen MR) is 144 cm³/mol. The summed E-state index contributed by atoms with van der Waals surface area (Å²) in [5.74, 6) is -0.547. The minimum atomic E-state index is -5.06. The number of fused-ring (bicyclic) bond motifs is 3. The van der Waals surface area contributed by atoms with Crippen LogP contribution in [-0.4, -0.2) is 92.7 Å². The normalized spacial score (nSPS) is 41.7. The fourth-order valence-corrected chi connectivity index (χ4v) is 8.70. The lowest BCUT2D eigenvalue weighted by atomic mass is 10.0. The highest BCUT2D eigenvalue weighted by Gasteiger charge is 2.75. The number of anilines is 2. The number of imidazole rings is 2. The van der Waals surface area contributed by atoms with Gasteiger partial charge in [0.2, 0.25) is 0 Å². The molecule has 0 amide bonds. The molecule has 8 rings (SSSR count). The quantitative estimate of drug-likeness (QED) is 0.216. The summed E-state index contributed by atoms with van der Waals surface area (Å²) in [4.78, 5) is 45.5. The van der Waals surface area contributed by atoms with E-state index in [1.54, 1.807) is 0 Å². The average Bonchev–Trinajstić information content (AvgIpc) is 3.27. The summed E-state index contributed by atoms with van der Waals surface area (Å²) in [6.07, 6.45) is -5.73. The third-order valence-corrected chi connectivity index (χ3v) is 10.7. The van der Waals surface area contributed by atoms with Gasteiger partial charge in [0, 0.05) is 5.41 Å². The van der Waals surface area contributed by atoms with Gasteiger partial charge in [0.1, 0.15) is 48.2 Å². The Morgan fingerprint density at radius 1 is 0.867 bits per heavy atom. The van der Waals surface area contributed by atoms with Crippen molar-refractivity contribution in [2.45, 2.75) is 49.3 Å². The maximum Gasteiger partial charge on any atom is 0.472 e. The predicted octanol–water partition coefficient (Wildman–Crippen LogP) is 0.983. The lowest BCUT2D eigenvalue weighted by molar-refractivity contribution is -0.0591. The van der Waals surface area contributed by atoms with Crippen LogP contribution in [0.3, 0.4) is 0 Å². The fourth-order valence-electron chi connectivity index (χ4n) is 6.67. The number of hydrogen-bond donors (Lipinski definition) is 4. The van der Waals surface area contributed by atoms with Crippen LogP contribution < -0.4 is 11.5 Å². The number of rotatable bonds is 2. The number of hydrogen-bond acceptors (Lipinski definition) is 15. The summed E-state index contributed by atoms with van der Waals surface area (Å²) in [5, 5.41) is 0. The van der Waals surface area contributed by atoms with Gasteiger partial charge >= 0.3 is 15.6 Å². The van der Waals surface area contributed by atoms with Gasteiger partial charge in [-0.25, -0.2) is 47.8 Å². The average molecular weight is 672 g/mol. The van der Waals surface area contributed by atoms with Gasteiger partial charge in [-0.2, -0.15) is 0 Å². The molecule has 2 saturated carbocycles. The zero-order valence-corrected chi connectivity index (χ0v) is 24.5. The Balaban J connectivity index is 1.10. The van der Waals surface area contributed by atoms with Crippen molar-refractivity contribution in [1.29, 1.82) is 0 Å². The van der Waals surface area contributed by atoms with Crippen molar-refractivity contribution in [1.82, 2.24) is 39.0 Å². The molecule has 2 unspecified atom stereocenters. The van der Waals surface area contributed by atoms with Gasteiger partial charge in [-0.05, 0) is 12.3 Å². The van der Waals surface area contributed by atoms with Gasteiger partial charge in [-0.1, -0.05) is 0 Å². The molecule has 4 aliphatic rings. The molecule has 19 nitrogen and oxygen atoms in total. The van der Waals surface area contributed by atoms with Crippen molar-refractivity contribution in [3.8, 4) is 0 Å². The lowest BCUT2D eigenvalue weighted by Gasteiger charge is -2.30. The summed E-state index contributed by atoms with van der Waals surface area (Å²) in [6.45, 7) is -1.50. The van der Waals surface area contributed by atoms with Gasteiger partial charge in [0.05, 0.1) is 31.9 Å². The number of halogens is 2. The van der Waals surface area contributed by atoms with Crippen LogP contribution in [0.25, 0.3) is 22.3 Å². The SMILES string of the molecule is Nc1ncnc2c1ncn2[C@H]1[C@H](F)[C@@H]2OP(=O)(O)OC[C@H]3O[C@@H](n4cnc5c(N)ncnc54)[C@H](F)[C@@H]3OP(=O)(O)OC[C@]23C[C@H]13. The Morgan fingerprint density at radius 3 is 2.18 bits per heavy atom. The van der Waals surface area contributed by atoms with E-state index in [0.29, 0.717) is 0 Å². The molecule has 4 aromatic heterocycles. The van der Waals surface area contributed by atoms with E-state index in [1.165, 1.54) is 23.5 Å². The molecule has 2 saturated heterocycles. The van der Waals surface area contributed by atoms with Crippen LogP contribution in [0.5, 0.6) is 0 Å². The summed E-state index contributed by atoms with van der Waals surface area (Å²) in [6, 6.07) is -1.04. The number of nitrogens with two attached hydrogens (primary N) is 2. The second-order valence-electron chi connectivity index (χ2n) is 11.3. The molecule has 45 heavy (non-hydrogen) atoms. The highest BCUT2D eigenvalue weighted by atomic mass is 31.2. The largest absolute Gasteiger partial charge is 0.472 e. The number of nitrogens with zero attached hydrogens (tertiary/aromatic N) is 8. The first-order valence-corrected chi connectivity index (χ1v) is 16.5. The van der Waals surface area contributed by atoms with E-state index in [0.717, 1.165) is 10.9 Å². The van der Waals surface area contributed by atoms with Gasteiger partial charge in [-0.3, -0.25) is 22.7 Å². The van der Waals surface area contributed by atoms with Crippen LogP contribution in [0.2, 0.25) is 0 Å². The van der Waals surface area contributed by atoms with Crippen LogP contribution in [-0.2, 0) is 32.0 Å². The number of ether oxygens (including phenoxy) is 1. The van der Waals surface area contributed by atoms with Crippen LogP contribution in [0.1, 0.15) is 18.7 Å². The maximum absolute atomic E-state index is 16.2. The van der Waals surface area contributed by atoms with Gasteiger partial charge < -0.3 is 30.6 Å². The molecular weight excluding hydrogens is 648 g/mol. The van der Waals surface area contributed by atoms with Gasteiger partial charge in [0.15, 0.2) is 35.3 Å². The maximum atomic E-state index is 16.2. The standard InChI is InChI=1S/C22H24F2N10O9P2/c23-10-14(33-6-31-12-17(25)27-4-29-19(12)33)8-1-22(8)3-40-45(37,38)42-15-9(2-39-44(35,36)43-16(10)22)41-21(11(15)24)34-7-32-13-18(26)28-5-30-20(13)34/h4-11,14-16,21H,1-3H2,(H,35,36)(H,37,38)(H2,25,27,29)(H2,26,28,30)/t8-,9-,10+,11-,14-,15-,16+,21-,22+/m1/s1. The van der Waals surface area contributed by atoms with Crippen LogP contribution in [0, 0.1) is 11.3 Å². The second-order valence-corrected chi connectivity index (χ2v) is 14.1. The fraction of sp³-hybridized carbons (Fsp3) is 0.545. The summed E-state index contributed by atoms with van der Waals surface area (Å²) >= 11 is 0. The summed E-state index contributed by atoms with van der Waals surface area (Å²) < 4.78 is 88.0. The minimum Gasteiger partial charge on any atom is -0.382 e. The Labute approximate surface area is 250 Å². The van der Waals surface area contributed by atoms with Crippen LogP contribution in [0.15, 0.2) is 25.3 Å². The first-order chi connectivity index (χ1) is 21.4. The highest BCUT2D eigenvalue weighted by molar-refractivity contribution is 7.47. The first-order valence-electron chi connectivity index (χ1n) is 13.5. The molecule has 1 spiro atoms. The zero-order valence-electron chi connectivity index (χ0n) is 22.7. The molecule has 23 heteroatoms. The van der Waals surface area contributed by atoms with Crippen LogP contribution >= 0.6 is 15.6 Å². The Bertz CT molecular complexity index is 1930. The van der Waals surface area contributed by atoms with E-state index >= 15 is 8.78 Å². The van der Waals surface area contributed by atoms with Crippen molar-refractivity contribution in [3.63, 3.8) is 0 Å². The Hall–Kier alpha value is -3.26. The monoisotopic (exact) mass is 672 g/mol. The molecule has 6 heterocycles. The third-order valence-electron chi connectivity index (χ3n) is 8.81. The first kappa shape index (κ1) is 29.2. The van der Waals surface area contributed by atoms with Gasteiger partial charge in [0.25, 0.3) is 0 Å². The molecule has 4 fully saturated rings. The number of phosphoric ester groups is 2.